The molecule has 0 atom stereocenters. The van der Waals surface area contributed by atoms with Crippen LogP contribution in [0.2, 0.25) is 0 Å². The molecular weight excluding hydrogens is 220 g/mol. The number of hydrogen-bond acceptors (Lipinski definition) is 2. The summed E-state index contributed by atoms with van der Waals surface area (Å²) in [6.45, 7) is 11.9. The summed E-state index contributed by atoms with van der Waals surface area (Å²) in [7, 11) is 0. The van der Waals surface area contributed by atoms with Crippen molar-refractivity contribution >= 4 is 11.4 Å². The van der Waals surface area contributed by atoms with E-state index in [2.05, 4.69) is 13.0 Å². The van der Waals surface area contributed by atoms with Gasteiger partial charge in [-0.05, 0) is 49.8 Å². The van der Waals surface area contributed by atoms with Crippen LogP contribution in [0.5, 0.6) is 0 Å². The van der Waals surface area contributed by atoms with Gasteiger partial charge in [0.05, 0.1) is 0 Å². The normalized spacial score (nSPS) is 12.8. The zero-order valence-corrected chi connectivity index (χ0v) is 12.7. The monoisotopic (exact) mass is 248 g/mol. The first-order valence-electron chi connectivity index (χ1n) is 7.05. The van der Waals surface area contributed by atoms with Gasteiger partial charge in [0.1, 0.15) is 0 Å². The van der Waals surface area contributed by atoms with Gasteiger partial charge in [-0.2, -0.15) is 0 Å². The van der Waals surface area contributed by atoms with E-state index >= 15 is 0 Å². The number of nitrogens with two attached hydrogens (primary N) is 1. The number of aryl methyl sites for hydroxylation is 1. The summed E-state index contributed by atoms with van der Waals surface area (Å²) in [5, 5.41) is 7.73. The molecule has 0 spiro atoms. The second kappa shape index (κ2) is 7.91. The smallest absolute Gasteiger partial charge is 0.0411 e. The van der Waals surface area contributed by atoms with E-state index in [9.17, 15) is 0 Å². The fourth-order valence-corrected chi connectivity index (χ4v) is 1.99. The average molecular weight is 248 g/mol. The predicted molar refractivity (Wildman–Crippen MR) is 82.8 cm³/mol. The molecule has 1 saturated carbocycles. The van der Waals surface area contributed by atoms with Crippen LogP contribution in [0.25, 0.3) is 0 Å². The van der Waals surface area contributed by atoms with Crippen molar-refractivity contribution < 1.29 is 0 Å². The topological polar surface area (TPSA) is 49.9 Å². The molecule has 102 valence electrons. The van der Waals surface area contributed by atoms with Gasteiger partial charge in [-0.15, -0.1) is 0 Å². The number of benzene rings is 1. The maximum atomic E-state index is 7.73. The molecule has 0 bridgehead atoms. The summed E-state index contributed by atoms with van der Waals surface area (Å²) in [5.41, 5.74) is 10.8. The Kier molecular flexibility index (Phi) is 7.33. The third-order valence-electron chi connectivity index (χ3n) is 2.74. The molecular formula is C16H28N2. The number of rotatable bonds is 2. The second-order valence-corrected chi connectivity index (χ2v) is 4.22. The summed E-state index contributed by atoms with van der Waals surface area (Å²) in [6.07, 6.45) is 2.51. The van der Waals surface area contributed by atoms with Gasteiger partial charge in [-0.1, -0.05) is 33.8 Å². The van der Waals surface area contributed by atoms with Gasteiger partial charge in [-0.3, -0.25) is 0 Å². The van der Waals surface area contributed by atoms with Crippen LogP contribution in [-0.4, -0.2) is 5.71 Å². The minimum absolute atomic E-state index is 0.587. The van der Waals surface area contributed by atoms with Gasteiger partial charge in [0.2, 0.25) is 0 Å². The van der Waals surface area contributed by atoms with E-state index in [4.69, 9.17) is 11.1 Å². The largest absolute Gasteiger partial charge is 0.398 e. The molecule has 0 amide bonds. The SMILES string of the molecule is CC.CC.CC(=N)c1c(N)cc(C)cc1C1CC1. The third-order valence-corrected chi connectivity index (χ3v) is 2.74. The highest BCUT2D eigenvalue weighted by atomic mass is 14.6. The number of anilines is 1. The van der Waals surface area contributed by atoms with E-state index < -0.39 is 0 Å². The Bertz CT molecular complexity index is 390. The van der Waals surface area contributed by atoms with Gasteiger partial charge in [0.15, 0.2) is 0 Å². The van der Waals surface area contributed by atoms with Crippen molar-refractivity contribution in [2.24, 2.45) is 0 Å². The number of nitrogen functional groups attached to an aromatic ring is 1. The van der Waals surface area contributed by atoms with Crippen molar-refractivity contribution in [2.75, 3.05) is 5.73 Å². The lowest BCUT2D eigenvalue weighted by Crippen LogP contribution is -2.05. The zero-order valence-electron chi connectivity index (χ0n) is 12.7. The quantitative estimate of drug-likeness (QED) is 0.568. The predicted octanol–water partition coefficient (Wildman–Crippen LogP) is 4.89. The van der Waals surface area contributed by atoms with E-state index in [1.165, 1.54) is 24.0 Å². The standard InChI is InChI=1S/C12H16N2.2C2H6/c1-7-5-10(9-3-4-9)12(8(2)13)11(14)6-7;2*1-2/h5-6,9,13H,3-4,14H2,1-2H3;2*1-2H3. The fourth-order valence-electron chi connectivity index (χ4n) is 1.99. The summed E-state index contributed by atoms with van der Waals surface area (Å²) < 4.78 is 0. The zero-order chi connectivity index (χ0) is 14.3. The molecule has 0 aliphatic heterocycles. The molecule has 0 heterocycles. The van der Waals surface area contributed by atoms with E-state index in [-0.39, 0.29) is 0 Å². The molecule has 1 aliphatic carbocycles. The van der Waals surface area contributed by atoms with Crippen molar-refractivity contribution in [2.45, 2.75) is 60.3 Å². The van der Waals surface area contributed by atoms with Crippen LogP contribution >= 0.6 is 0 Å². The lowest BCUT2D eigenvalue weighted by molar-refractivity contribution is 1.11. The summed E-state index contributed by atoms with van der Waals surface area (Å²) in [4.78, 5) is 0. The molecule has 2 rings (SSSR count). The molecule has 2 heteroatoms. The molecule has 0 saturated heterocycles. The molecule has 0 aromatic heterocycles. The lowest BCUT2D eigenvalue weighted by Gasteiger charge is -2.12. The van der Waals surface area contributed by atoms with Crippen molar-refractivity contribution in [1.82, 2.24) is 0 Å². The summed E-state index contributed by atoms with van der Waals surface area (Å²) in [5.74, 6) is 0.660. The molecule has 1 aromatic carbocycles. The average Bonchev–Trinajstić information content (AvgIpc) is 3.16. The second-order valence-electron chi connectivity index (χ2n) is 4.22. The molecule has 1 aliphatic rings. The van der Waals surface area contributed by atoms with Gasteiger partial charge >= 0.3 is 0 Å². The third kappa shape index (κ3) is 4.17. The Morgan fingerprint density at radius 3 is 2.06 bits per heavy atom. The van der Waals surface area contributed by atoms with Crippen LogP contribution in [0.1, 0.15) is 70.1 Å². The Morgan fingerprint density at radius 1 is 1.17 bits per heavy atom. The van der Waals surface area contributed by atoms with Gasteiger partial charge in [0, 0.05) is 17.0 Å². The van der Waals surface area contributed by atoms with Crippen LogP contribution < -0.4 is 5.73 Å². The summed E-state index contributed by atoms with van der Waals surface area (Å²) >= 11 is 0. The first-order chi connectivity index (χ1) is 8.59. The van der Waals surface area contributed by atoms with E-state index in [1.54, 1.807) is 0 Å². The first-order valence-corrected chi connectivity index (χ1v) is 7.05. The minimum Gasteiger partial charge on any atom is -0.398 e. The highest BCUT2D eigenvalue weighted by Crippen LogP contribution is 2.43. The Morgan fingerprint density at radius 2 is 1.67 bits per heavy atom. The van der Waals surface area contributed by atoms with Gasteiger partial charge in [0.25, 0.3) is 0 Å². The van der Waals surface area contributed by atoms with Crippen molar-refractivity contribution in [1.29, 1.82) is 5.41 Å². The molecule has 1 fully saturated rings. The van der Waals surface area contributed by atoms with E-state index in [0.29, 0.717) is 11.6 Å². The maximum absolute atomic E-state index is 7.73. The first kappa shape index (κ1) is 16.7. The van der Waals surface area contributed by atoms with Crippen LogP contribution in [0.4, 0.5) is 5.69 Å². The summed E-state index contributed by atoms with van der Waals surface area (Å²) in [6, 6.07) is 4.14. The fraction of sp³-hybridized carbons (Fsp3) is 0.562. The highest BCUT2D eigenvalue weighted by Gasteiger charge is 2.27. The maximum Gasteiger partial charge on any atom is 0.0411 e. The molecule has 3 N–H and O–H groups in total. The van der Waals surface area contributed by atoms with Crippen LogP contribution in [0.3, 0.4) is 0 Å². The van der Waals surface area contributed by atoms with Crippen molar-refractivity contribution in [3.63, 3.8) is 0 Å². The molecule has 0 radical (unpaired) electrons. The van der Waals surface area contributed by atoms with Gasteiger partial charge in [-0.25, -0.2) is 0 Å². The van der Waals surface area contributed by atoms with Gasteiger partial charge < -0.3 is 11.1 Å². The molecule has 0 unspecified atom stereocenters. The van der Waals surface area contributed by atoms with Crippen LogP contribution in [0, 0.1) is 12.3 Å². The number of hydrogen-bond donors (Lipinski definition) is 2. The molecule has 1 aromatic rings. The minimum atomic E-state index is 0.587. The Hall–Kier alpha value is -1.31. The van der Waals surface area contributed by atoms with Crippen molar-refractivity contribution in [3.05, 3.63) is 28.8 Å². The highest BCUT2D eigenvalue weighted by molar-refractivity contribution is 6.02. The Labute approximate surface area is 112 Å². The lowest BCUT2D eigenvalue weighted by atomic mass is 9.96. The van der Waals surface area contributed by atoms with E-state index in [0.717, 1.165) is 11.3 Å². The molecule has 2 nitrogen and oxygen atoms in total. The van der Waals surface area contributed by atoms with E-state index in [1.807, 2.05) is 40.7 Å². The van der Waals surface area contributed by atoms with Crippen LogP contribution in [-0.2, 0) is 0 Å². The van der Waals surface area contributed by atoms with Crippen molar-refractivity contribution in [3.8, 4) is 0 Å². The Balaban J connectivity index is 0.000000659. The van der Waals surface area contributed by atoms with Crippen LogP contribution in [0.15, 0.2) is 12.1 Å². The number of nitrogens with one attached hydrogen (secondary N) is 1. The molecule has 18 heavy (non-hydrogen) atoms.